The van der Waals surface area contributed by atoms with Gasteiger partial charge in [-0.3, -0.25) is 9.59 Å². The van der Waals surface area contributed by atoms with Gasteiger partial charge in [-0.25, -0.2) is 0 Å². The first-order valence-corrected chi connectivity index (χ1v) is 10.0. The van der Waals surface area contributed by atoms with E-state index < -0.39 is 0 Å². The van der Waals surface area contributed by atoms with Crippen LogP contribution in [0.25, 0.3) is 0 Å². The summed E-state index contributed by atoms with van der Waals surface area (Å²) >= 11 is 7.32. The van der Waals surface area contributed by atoms with Crippen LogP contribution < -0.4 is 5.32 Å². The van der Waals surface area contributed by atoms with Gasteiger partial charge in [-0.1, -0.05) is 23.7 Å². The molecule has 136 valence electrons. The van der Waals surface area contributed by atoms with E-state index in [0.717, 1.165) is 36.4 Å². The first kappa shape index (κ1) is 18.8. The van der Waals surface area contributed by atoms with Gasteiger partial charge in [0.05, 0.1) is 5.75 Å². The van der Waals surface area contributed by atoms with E-state index in [9.17, 15) is 9.59 Å². The minimum absolute atomic E-state index is 0.0258. The Hall–Kier alpha value is -1.98. The number of nitrogens with zero attached hydrogens (tertiary/aromatic N) is 1. The zero-order valence-corrected chi connectivity index (χ0v) is 16.0. The van der Waals surface area contributed by atoms with Crippen molar-refractivity contribution in [3.63, 3.8) is 0 Å². The molecule has 0 aromatic heterocycles. The number of amides is 2. The largest absolute Gasteiger partial charge is 0.351 e. The van der Waals surface area contributed by atoms with Crippen molar-refractivity contribution in [2.24, 2.45) is 0 Å². The van der Waals surface area contributed by atoms with Crippen LogP contribution in [-0.2, 0) is 11.3 Å². The average Bonchev–Trinajstić information content (AvgIpc) is 3.20. The molecule has 4 nitrogen and oxygen atoms in total. The van der Waals surface area contributed by atoms with Crippen LogP contribution in [0.15, 0.2) is 53.4 Å². The summed E-state index contributed by atoms with van der Waals surface area (Å²) in [5.41, 5.74) is 1.69. The Morgan fingerprint density at radius 2 is 1.65 bits per heavy atom. The van der Waals surface area contributed by atoms with Gasteiger partial charge in [0.25, 0.3) is 5.91 Å². The van der Waals surface area contributed by atoms with E-state index in [1.165, 1.54) is 11.8 Å². The van der Waals surface area contributed by atoms with Crippen LogP contribution in [0.5, 0.6) is 0 Å². The smallest absolute Gasteiger partial charge is 0.253 e. The maximum absolute atomic E-state index is 12.3. The molecule has 1 N–H and O–H groups in total. The number of carbonyl (C=O) groups excluding carboxylic acids is 2. The highest BCUT2D eigenvalue weighted by Crippen LogP contribution is 2.20. The van der Waals surface area contributed by atoms with Crippen molar-refractivity contribution in [1.29, 1.82) is 0 Å². The average molecular weight is 389 g/mol. The highest BCUT2D eigenvalue weighted by Gasteiger charge is 2.19. The van der Waals surface area contributed by atoms with Crippen LogP contribution in [-0.4, -0.2) is 35.6 Å². The van der Waals surface area contributed by atoms with Crippen LogP contribution in [0.3, 0.4) is 0 Å². The molecule has 0 aliphatic carbocycles. The van der Waals surface area contributed by atoms with Crippen LogP contribution in [0, 0.1) is 0 Å². The van der Waals surface area contributed by atoms with Gasteiger partial charge in [0.15, 0.2) is 0 Å². The Bertz CT molecular complexity index is 756. The molecule has 0 atom stereocenters. The van der Waals surface area contributed by atoms with E-state index in [4.69, 9.17) is 11.6 Å². The molecule has 1 saturated heterocycles. The lowest BCUT2D eigenvalue weighted by molar-refractivity contribution is -0.118. The van der Waals surface area contributed by atoms with Gasteiger partial charge in [0, 0.05) is 35.1 Å². The summed E-state index contributed by atoms with van der Waals surface area (Å²) in [5, 5.41) is 3.59. The quantitative estimate of drug-likeness (QED) is 0.761. The molecule has 26 heavy (non-hydrogen) atoms. The zero-order valence-electron chi connectivity index (χ0n) is 14.4. The molecule has 0 radical (unpaired) electrons. The number of rotatable bonds is 6. The number of hydrogen-bond donors (Lipinski definition) is 1. The van der Waals surface area contributed by atoms with Crippen molar-refractivity contribution >= 4 is 35.2 Å². The maximum Gasteiger partial charge on any atom is 0.253 e. The number of thioether (sulfide) groups is 1. The van der Waals surface area contributed by atoms with Crippen molar-refractivity contribution in [3.8, 4) is 0 Å². The third kappa shape index (κ3) is 5.26. The predicted molar refractivity (Wildman–Crippen MR) is 106 cm³/mol. The monoisotopic (exact) mass is 388 g/mol. The summed E-state index contributed by atoms with van der Waals surface area (Å²) < 4.78 is 0. The fraction of sp³-hybridized carbons (Fsp3) is 0.300. The molecule has 0 bridgehead atoms. The fourth-order valence-corrected chi connectivity index (χ4v) is 3.65. The second-order valence-electron chi connectivity index (χ2n) is 6.22. The molecule has 2 amide bonds. The number of hydrogen-bond acceptors (Lipinski definition) is 3. The molecule has 1 aliphatic rings. The Morgan fingerprint density at radius 1 is 1.00 bits per heavy atom. The molecular weight excluding hydrogens is 368 g/mol. The lowest BCUT2D eigenvalue weighted by Crippen LogP contribution is -2.27. The molecule has 1 aliphatic heterocycles. The lowest BCUT2D eigenvalue weighted by atomic mass is 10.1. The van der Waals surface area contributed by atoms with Gasteiger partial charge in [0.1, 0.15) is 0 Å². The van der Waals surface area contributed by atoms with E-state index in [0.29, 0.717) is 22.9 Å². The van der Waals surface area contributed by atoms with Gasteiger partial charge in [-0.2, -0.15) is 0 Å². The van der Waals surface area contributed by atoms with Gasteiger partial charge in [-0.15, -0.1) is 11.8 Å². The topological polar surface area (TPSA) is 49.4 Å². The van der Waals surface area contributed by atoms with Crippen LogP contribution in [0.1, 0.15) is 28.8 Å². The molecule has 0 spiro atoms. The van der Waals surface area contributed by atoms with Gasteiger partial charge in [0.2, 0.25) is 5.91 Å². The summed E-state index contributed by atoms with van der Waals surface area (Å²) in [6.45, 7) is 2.15. The molecule has 3 rings (SSSR count). The summed E-state index contributed by atoms with van der Waals surface area (Å²) in [6.07, 6.45) is 2.17. The SMILES string of the molecule is O=C(CSc1ccc(Cl)cc1)NCc1ccc(C(=O)N2CCCC2)cc1. The number of halogens is 1. The number of carbonyl (C=O) groups is 2. The molecule has 0 unspecified atom stereocenters. The first-order chi connectivity index (χ1) is 12.6. The van der Waals surface area contributed by atoms with E-state index in [1.807, 2.05) is 53.4 Å². The van der Waals surface area contributed by atoms with E-state index >= 15 is 0 Å². The summed E-state index contributed by atoms with van der Waals surface area (Å²) in [4.78, 5) is 27.2. The van der Waals surface area contributed by atoms with Crippen LogP contribution in [0.4, 0.5) is 0 Å². The normalized spacial score (nSPS) is 13.7. The third-order valence-corrected chi connectivity index (χ3v) is 5.53. The Kier molecular flexibility index (Phi) is 6.58. The fourth-order valence-electron chi connectivity index (χ4n) is 2.80. The highest BCUT2D eigenvalue weighted by molar-refractivity contribution is 8.00. The zero-order chi connectivity index (χ0) is 18.4. The standard InChI is InChI=1S/C20H21ClN2O2S/c21-17-7-9-18(10-8-17)26-14-19(24)22-13-15-3-5-16(6-4-15)20(25)23-11-1-2-12-23/h3-10H,1-2,11-14H2,(H,22,24). The van der Waals surface area contributed by atoms with E-state index in [2.05, 4.69) is 5.32 Å². The molecular formula is C20H21ClN2O2S. The Morgan fingerprint density at radius 3 is 2.31 bits per heavy atom. The predicted octanol–water partition coefficient (Wildman–Crippen LogP) is 3.98. The molecule has 0 saturated carbocycles. The molecule has 1 fully saturated rings. The second-order valence-corrected chi connectivity index (χ2v) is 7.70. The lowest BCUT2D eigenvalue weighted by Gasteiger charge is -2.15. The van der Waals surface area contributed by atoms with Crippen molar-refractivity contribution in [2.45, 2.75) is 24.3 Å². The highest BCUT2D eigenvalue weighted by atomic mass is 35.5. The number of likely N-dealkylation sites (tertiary alicyclic amines) is 1. The van der Waals surface area contributed by atoms with Crippen molar-refractivity contribution < 1.29 is 9.59 Å². The minimum Gasteiger partial charge on any atom is -0.351 e. The molecule has 1 heterocycles. The van der Waals surface area contributed by atoms with Crippen molar-refractivity contribution in [1.82, 2.24) is 10.2 Å². The Labute approximate surface area is 162 Å². The Balaban J connectivity index is 1.44. The maximum atomic E-state index is 12.3. The molecule has 2 aromatic carbocycles. The van der Waals surface area contributed by atoms with Gasteiger partial charge < -0.3 is 10.2 Å². The van der Waals surface area contributed by atoms with Gasteiger partial charge in [-0.05, 0) is 54.8 Å². The first-order valence-electron chi connectivity index (χ1n) is 8.65. The molecule has 2 aromatic rings. The summed E-state index contributed by atoms with van der Waals surface area (Å²) in [7, 11) is 0. The van der Waals surface area contributed by atoms with Crippen molar-refractivity contribution in [2.75, 3.05) is 18.8 Å². The third-order valence-electron chi connectivity index (χ3n) is 4.27. The number of benzene rings is 2. The van der Waals surface area contributed by atoms with Crippen LogP contribution >= 0.6 is 23.4 Å². The van der Waals surface area contributed by atoms with Gasteiger partial charge >= 0.3 is 0 Å². The minimum atomic E-state index is -0.0258. The second kappa shape index (κ2) is 9.10. The van der Waals surface area contributed by atoms with Crippen LogP contribution in [0.2, 0.25) is 5.02 Å². The van der Waals surface area contributed by atoms with Crippen molar-refractivity contribution in [3.05, 3.63) is 64.7 Å². The summed E-state index contributed by atoms with van der Waals surface area (Å²) in [5.74, 6) is 0.423. The van der Waals surface area contributed by atoms with E-state index in [-0.39, 0.29) is 11.8 Å². The number of nitrogens with one attached hydrogen (secondary N) is 1. The van der Waals surface area contributed by atoms with E-state index in [1.54, 1.807) is 0 Å². The summed E-state index contributed by atoms with van der Waals surface area (Å²) in [6, 6.07) is 14.9. The molecule has 6 heteroatoms.